The maximum absolute atomic E-state index is 13.7. The first-order valence-corrected chi connectivity index (χ1v) is 11.9. The van der Waals surface area contributed by atoms with Crippen LogP contribution in [0.25, 0.3) is 0 Å². The Balaban J connectivity index is 1.69. The number of benzene rings is 3. The van der Waals surface area contributed by atoms with E-state index >= 15 is 0 Å². The molecule has 0 saturated heterocycles. The molecule has 8 heteroatoms. The highest BCUT2D eigenvalue weighted by Gasteiger charge is 2.21. The maximum Gasteiger partial charge on any atom is 0.251 e. The molecule has 2 amide bonds. The van der Waals surface area contributed by atoms with E-state index in [1.54, 1.807) is 6.07 Å². The van der Waals surface area contributed by atoms with E-state index in [0.29, 0.717) is 12.0 Å². The number of aliphatic imine (C=N–C) groups is 1. The fourth-order valence-electron chi connectivity index (χ4n) is 3.61. The summed E-state index contributed by atoms with van der Waals surface area (Å²) in [5.41, 5.74) is 8.56. The van der Waals surface area contributed by atoms with Crippen LogP contribution in [-0.4, -0.2) is 24.8 Å². The molecule has 1 atom stereocenters. The molecule has 0 aromatic heterocycles. The van der Waals surface area contributed by atoms with Crippen molar-refractivity contribution in [2.45, 2.75) is 25.8 Å². The van der Waals surface area contributed by atoms with Crippen molar-refractivity contribution in [2.24, 2.45) is 16.6 Å². The smallest absolute Gasteiger partial charge is 0.251 e. The van der Waals surface area contributed by atoms with E-state index in [-0.39, 0.29) is 42.8 Å². The largest absolute Gasteiger partial charge is 0.494 e. The molecule has 182 valence electrons. The fourth-order valence-corrected chi connectivity index (χ4v) is 4.03. The Bertz CT molecular complexity index is 1200. The Hall–Kier alpha value is -3.52. The van der Waals surface area contributed by atoms with Gasteiger partial charge in [0, 0.05) is 23.4 Å². The van der Waals surface area contributed by atoms with E-state index in [9.17, 15) is 14.0 Å². The van der Waals surface area contributed by atoms with Gasteiger partial charge in [0.1, 0.15) is 5.84 Å². The lowest BCUT2D eigenvalue weighted by molar-refractivity contribution is -0.125. The van der Waals surface area contributed by atoms with E-state index in [2.05, 4.69) is 26.2 Å². The number of halogens is 2. The van der Waals surface area contributed by atoms with Gasteiger partial charge >= 0.3 is 0 Å². The number of nitrogens with two attached hydrogens (primary N) is 1. The first kappa shape index (κ1) is 26.1. The molecule has 3 aromatic rings. The van der Waals surface area contributed by atoms with E-state index in [0.717, 1.165) is 15.6 Å². The lowest BCUT2D eigenvalue weighted by Gasteiger charge is -2.17. The number of carbonyl (C=O) groups is 2. The van der Waals surface area contributed by atoms with Crippen LogP contribution in [0.15, 0.2) is 82.3 Å². The third kappa shape index (κ3) is 8.03. The number of hydrogen-bond donors (Lipinski definition) is 2. The number of nitrogens with zero attached hydrogens (tertiary/aromatic N) is 1. The lowest BCUT2D eigenvalue weighted by atomic mass is 9.94. The zero-order valence-electron chi connectivity index (χ0n) is 19.3. The van der Waals surface area contributed by atoms with Crippen LogP contribution >= 0.6 is 15.9 Å². The Morgan fingerprint density at radius 3 is 2.49 bits per heavy atom. The van der Waals surface area contributed by atoms with Gasteiger partial charge in [-0.25, -0.2) is 9.38 Å². The van der Waals surface area contributed by atoms with Crippen molar-refractivity contribution in [3.8, 4) is 5.75 Å². The first-order chi connectivity index (χ1) is 16.9. The molecule has 0 fully saturated rings. The molecule has 0 radical (unpaired) electrons. The quantitative estimate of drug-likeness (QED) is 0.291. The van der Waals surface area contributed by atoms with Crippen molar-refractivity contribution in [3.63, 3.8) is 0 Å². The lowest BCUT2D eigenvalue weighted by Crippen LogP contribution is -2.34. The SMILES string of the molecule is COc1cc(CNC(=O)[C@H](CC(N)=NC(=O)Cc2ccccc2Br)Cc2ccccc2)ccc1F. The molecule has 0 saturated carbocycles. The van der Waals surface area contributed by atoms with E-state index in [4.69, 9.17) is 10.5 Å². The van der Waals surface area contributed by atoms with Crippen molar-refractivity contribution in [1.29, 1.82) is 0 Å². The number of rotatable bonds is 10. The highest BCUT2D eigenvalue weighted by atomic mass is 79.9. The van der Waals surface area contributed by atoms with Gasteiger partial charge in [0.15, 0.2) is 11.6 Å². The van der Waals surface area contributed by atoms with Gasteiger partial charge in [-0.3, -0.25) is 9.59 Å². The topological polar surface area (TPSA) is 93.8 Å². The molecule has 0 spiro atoms. The van der Waals surface area contributed by atoms with Gasteiger partial charge in [0.25, 0.3) is 5.91 Å². The zero-order valence-corrected chi connectivity index (χ0v) is 20.9. The van der Waals surface area contributed by atoms with Gasteiger partial charge in [0.2, 0.25) is 5.91 Å². The number of methoxy groups -OCH3 is 1. The summed E-state index contributed by atoms with van der Waals surface area (Å²) in [6.45, 7) is 0.193. The van der Waals surface area contributed by atoms with Gasteiger partial charge < -0.3 is 15.8 Å². The molecule has 6 nitrogen and oxygen atoms in total. The number of nitrogens with one attached hydrogen (secondary N) is 1. The van der Waals surface area contributed by atoms with Crippen LogP contribution in [0.3, 0.4) is 0 Å². The molecular weight excluding hydrogens is 513 g/mol. The van der Waals surface area contributed by atoms with Crippen LogP contribution in [0.4, 0.5) is 4.39 Å². The molecule has 35 heavy (non-hydrogen) atoms. The third-order valence-corrected chi connectivity index (χ3v) is 6.17. The highest BCUT2D eigenvalue weighted by Crippen LogP contribution is 2.19. The second-order valence-corrected chi connectivity index (χ2v) is 8.90. The predicted molar refractivity (Wildman–Crippen MR) is 138 cm³/mol. The molecule has 0 aliphatic rings. The normalized spacial score (nSPS) is 12.1. The average molecular weight is 540 g/mol. The average Bonchev–Trinajstić information content (AvgIpc) is 2.85. The third-order valence-electron chi connectivity index (χ3n) is 5.40. The van der Waals surface area contributed by atoms with Crippen molar-refractivity contribution in [2.75, 3.05) is 7.11 Å². The number of amides is 2. The molecule has 0 aliphatic carbocycles. The molecular formula is C27H27BrFN3O3. The molecule has 3 aromatic carbocycles. The molecule has 3 rings (SSSR count). The Labute approximate surface area is 212 Å². The standard InChI is InChI=1S/C27H27BrFN3O3/c1-35-24-14-19(11-12-23(24)29)17-31-27(34)21(13-18-7-3-2-4-8-18)15-25(30)32-26(33)16-20-9-5-6-10-22(20)28/h2-12,14,21H,13,15-17H2,1H3,(H,31,34)(H2,30,32,33)/t21-/m0/s1. The summed E-state index contributed by atoms with van der Waals surface area (Å²) in [5.74, 6) is -1.43. The van der Waals surface area contributed by atoms with Crippen molar-refractivity contribution in [3.05, 3.63) is 99.8 Å². The number of hydrogen-bond acceptors (Lipinski definition) is 3. The van der Waals surface area contributed by atoms with Gasteiger partial charge in [-0.1, -0.05) is 70.5 Å². The number of amidine groups is 1. The molecule has 0 aliphatic heterocycles. The van der Waals surface area contributed by atoms with Gasteiger partial charge in [-0.15, -0.1) is 0 Å². The summed E-state index contributed by atoms with van der Waals surface area (Å²) in [6.07, 6.45) is 0.646. The van der Waals surface area contributed by atoms with Crippen molar-refractivity contribution in [1.82, 2.24) is 5.32 Å². The second-order valence-electron chi connectivity index (χ2n) is 8.04. The van der Waals surface area contributed by atoms with Crippen LogP contribution in [0, 0.1) is 11.7 Å². The number of ether oxygens (including phenoxy) is 1. The minimum atomic E-state index is -0.542. The minimum absolute atomic E-state index is 0.0987. The molecule has 0 unspecified atom stereocenters. The zero-order chi connectivity index (χ0) is 25.2. The molecule has 0 bridgehead atoms. The summed E-state index contributed by atoms with van der Waals surface area (Å²) < 4.78 is 19.5. The minimum Gasteiger partial charge on any atom is -0.494 e. The van der Waals surface area contributed by atoms with E-state index in [1.165, 1.54) is 19.2 Å². The summed E-state index contributed by atoms with van der Waals surface area (Å²) in [6, 6.07) is 21.4. The highest BCUT2D eigenvalue weighted by molar-refractivity contribution is 9.10. The second kappa shape index (κ2) is 12.8. The van der Waals surface area contributed by atoms with E-state index in [1.807, 2.05) is 54.6 Å². The van der Waals surface area contributed by atoms with Crippen LogP contribution in [0.5, 0.6) is 5.75 Å². The Morgan fingerprint density at radius 2 is 1.77 bits per heavy atom. The monoisotopic (exact) mass is 539 g/mol. The van der Waals surface area contributed by atoms with Gasteiger partial charge in [0.05, 0.1) is 13.5 Å². The number of carbonyl (C=O) groups excluding carboxylic acids is 2. The summed E-state index contributed by atoms with van der Waals surface area (Å²) >= 11 is 3.42. The van der Waals surface area contributed by atoms with Crippen LogP contribution in [0.1, 0.15) is 23.1 Å². The van der Waals surface area contributed by atoms with Crippen LogP contribution < -0.4 is 15.8 Å². The van der Waals surface area contributed by atoms with Crippen LogP contribution in [-0.2, 0) is 29.0 Å². The Kier molecular flexibility index (Phi) is 9.55. The molecule has 0 heterocycles. The summed E-state index contributed by atoms with van der Waals surface area (Å²) in [7, 11) is 1.39. The van der Waals surface area contributed by atoms with Crippen LogP contribution in [0.2, 0.25) is 0 Å². The first-order valence-electron chi connectivity index (χ1n) is 11.1. The summed E-state index contributed by atoms with van der Waals surface area (Å²) in [4.78, 5) is 29.6. The van der Waals surface area contributed by atoms with Crippen molar-refractivity contribution < 1.29 is 18.7 Å². The van der Waals surface area contributed by atoms with Gasteiger partial charge in [-0.2, -0.15) is 0 Å². The van der Waals surface area contributed by atoms with Crippen molar-refractivity contribution >= 4 is 33.6 Å². The van der Waals surface area contributed by atoms with E-state index < -0.39 is 11.7 Å². The predicted octanol–water partition coefficient (Wildman–Crippen LogP) is 4.59. The maximum atomic E-state index is 13.7. The fraction of sp³-hybridized carbons (Fsp3) is 0.222. The van der Waals surface area contributed by atoms with Gasteiger partial charge in [-0.05, 0) is 41.3 Å². The Morgan fingerprint density at radius 1 is 1.06 bits per heavy atom. The summed E-state index contributed by atoms with van der Waals surface area (Å²) in [5, 5.41) is 2.88. The molecule has 3 N–H and O–H groups in total.